The van der Waals surface area contributed by atoms with Gasteiger partial charge in [0.15, 0.2) is 0 Å². The molecular formula is C17H23N3O4S. The summed E-state index contributed by atoms with van der Waals surface area (Å²) in [4.78, 5) is 14.3. The number of benzene rings is 1. The summed E-state index contributed by atoms with van der Waals surface area (Å²) in [6, 6.07) is 7.46. The third-order valence-electron chi connectivity index (χ3n) is 4.81. The number of rotatable bonds is 4. The molecule has 1 amide bonds. The van der Waals surface area contributed by atoms with Crippen LogP contribution < -0.4 is 0 Å². The molecule has 1 aromatic carbocycles. The molecule has 2 heterocycles. The second-order valence-corrected chi connectivity index (χ2v) is 9.03. The Morgan fingerprint density at radius 3 is 2.68 bits per heavy atom. The zero-order chi connectivity index (χ0) is 18.4. The predicted octanol–water partition coefficient (Wildman–Crippen LogP) is 0.503. The van der Waals surface area contributed by atoms with Gasteiger partial charge in [-0.3, -0.25) is 4.79 Å². The van der Waals surface area contributed by atoms with Gasteiger partial charge in [0.1, 0.15) is 0 Å². The fraction of sp³-hybridized carbons (Fsp3) is 0.471. The molecule has 0 unspecified atom stereocenters. The van der Waals surface area contributed by atoms with Crippen molar-refractivity contribution in [1.82, 2.24) is 13.8 Å². The number of nitrogens with zero attached hydrogens (tertiary/aromatic N) is 3. The van der Waals surface area contributed by atoms with Crippen LogP contribution in [0.25, 0.3) is 10.9 Å². The Hall–Kier alpha value is -1.90. The van der Waals surface area contributed by atoms with E-state index in [-0.39, 0.29) is 24.7 Å². The number of sulfonamides is 1. The summed E-state index contributed by atoms with van der Waals surface area (Å²) in [7, 11) is 1.43. The van der Waals surface area contributed by atoms with Crippen molar-refractivity contribution in [2.24, 2.45) is 13.0 Å². The van der Waals surface area contributed by atoms with Gasteiger partial charge in [-0.25, -0.2) is 12.7 Å². The van der Waals surface area contributed by atoms with Crippen LogP contribution in [0.15, 0.2) is 30.5 Å². The van der Waals surface area contributed by atoms with Crippen LogP contribution in [0.1, 0.15) is 10.4 Å². The van der Waals surface area contributed by atoms with Gasteiger partial charge in [-0.1, -0.05) is 6.07 Å². The molecule has 0 aliphatic carbocycles. The van der Waals surface area contributed by atoms with E-state index in [1.54, 1.807) is 6.07 Å². The number of fused-ring (bicyclic) bond motifs is 1. The number of aryl methyl sites for hydroxylation is 1. The molecule has 8 heteroatoms. The summed E-state index contributed by atoms with van der Waals surface area (Å²) in [5, 5.41) is 11.3. The van der Waals surface area contributed by atoms with Crippen molar-refractivity contribution < 1.29 is 18.3 Å². The summed E-state index contributed by atoms with van der Waals surface area (Å²) >= 11 is 0. The molecule has 0 bridgehead atoms. The van der Waals surface area contributed by atoms with Crippen LogP contribution >= 0.6 is 0 Å². The highest BCUT2D eigenvalue weighted by Crippen LogP contribution is 2.23. The highest BCUT2D eigenvalue weighted by atomic mass is 32.2. The zero-order valence-electron chi connectivity index (χ0n) is 14.6. The van der Waals surface area contributed by atoms with Crippen LogP contribution in [0.5, 0.6) is 0 Å². The topological polar surface area (TPSA) is 82.9 Å². The Kier molecular flexibility index (Phi) is 4.61. The van der Waals surface area contributed by atoms with E-state index in [1.165, 1.54) is 19.0 Å². The van der Waals surface area contributed by atoms with E-state index in [1.807, 2.05) is 36.0 Å². The number of aliphatic hydroxyl groups excluding tert-OH is 1. The van der Waals surface area contributed by atoms with Gasteiger partial charge in [0.05, 0.1) is 11.9 Å². The monoisotopic (exact) mass is 365 g/mol. The van der Waals surface area contributed by atoms with E-state index in [9.17, 15) is 18.3 Å². The van der Waals surface area contributed by atoms with Crippen LogP contribution in [0.3, 0.4) is 0 Å². The number of likely N-dealkylation sites (tertiary alicyclic amines) is 1. The minimum atomic E-state index is -3.42. The fourth-order valence-corrected chi connectivity index (χ4v) is 4.35. The first kappa shape index (κ1) is 17.9. The maximum absolute atomic E-state index is 12.8. The van der Waals surface area contributed by atoms with Crippen LogP contribution in [0, 0.1) is 5.92 Å². The molecule has 1 saturated heterocycles. The first-order valence-electron chi connectivity index (χ1n) is 8.11. The lowest BCUT2D eigenvalue weighted by molar-refractivity contribution is 0.0765. The standard InChI is InChI=1S/C17H23N3O4S/c1-18(2)25(23,24)11-14-9-20(10-16(14)21)17(22)13-5-4-12-6-7-19(3)15(12)8-13/h4-8,14,16,21H,9-11H2,1-3H3/t14-,16+/m0/s1. The summed E-state index contributed by atoms with van der Waals surface area (Å²) in [6.07, 6.45) is 1.10. The highest BCUT2D eigenvalue weighted by molar-refractivity contribution is 7.89. The van der Waals surface area contributed by atoms with Gasteiger partial charge in [-0.05, 0) is 23.6 Å². The molecule has 1 aliphatic heterocycles. The molecule has 136 valence electrons. The van der Waals surface area contributed by atoms with Gasteiger partial charge in [0, 0.05) is 57.4 Å². The summed E-state index contributed by atoms with van der Waals surface area (Å²) in [6.45, 7) is 0.385. The lowest BCUT2D eigenvalue weighted by Crippen LogP contribution is -2.33. The Balaban J connectivity index is 1.77. The first-order valence-corrected chi connectivity index (χ1v) is 9.72. The number of hydrogen-bond acceptors (Lipinski definition) is 4. The van der Waals surface area contributed by atoms with Gasteiger partial charge >= 0.3 is 0 Å². The van der Waals surface area contributed by atoms with E-state index in [2.05, 4.69) is 0 Å². The molecule has 25 heavy (non-hydrogen) atoms. The van der Waals surface area contributed by atoms with Crippen molar-refractivity contribution in [2.45, 2.75) is 6.10 Å². The average Bonchev–Trinajstić information content (AvgIpc) is 3.10. The van der Waals surface area contributed by atoms with Gasteiger partial charge in [-0.15, -0.1) is 0 Å². The largest absolute Gasteiger partial charge is 0.391 e. The first-order chi connectivity index (χ1) is 11.7. The Labute approximate surface area is 147 Å². The van der Waals surface area contributed by atoms with E-state index < -0.39 is 22.0 Å². The number of aliphatic hydroxyl groups is 1. The van der Waals surface area contributed by atoms with Gasteiger partial charge in [0.25, 0.3) is 5.91 Å². The van der Waals surface area contributed by atoms with E-state index >= 15 is 0 Å². The Bertz CT molecular complexity index is 904. The third kappa shape index (κ3) is 3.42. The van der Waals surface area contributed by atoms with Crippen LogP contribution in [0.2, 0.25) is 0 Å². The van der Waals surface area contributed by atoms with E-state index in [4.69, 9.17) is 0 Å². The molecule has 1 aliphatic rings. The van der Waals surface area contributed by atoms with Gasteiger partial charge in [-0.2, -0.15) is 0 Å². The van der Waals surface area contributed by atoms with Gasteiger partial charge in [0.2, 0.25) is 10.0 Å². The van der Waals surface area contributed by atoms with Crippen LogP contribution in [-0.4, -0.2) is 72.2 Å². The minimum absolute atomic E-state index is 0.150. The molecule has 0 spiro atoms. The number of amides is 1. The van der Waals surface area contributed by atoms with Crippen molar-refractivity contribution in [1.29, 1.82) is 0 Å². The smallest absolute Gasteiger partial charge is 0.254 e. The van der Waals surface area contributed by atoms with Crippen molar-refractivity contribution in [3.63, 3.8) is 0 Å². The second-order valence-electron chi connectivity index (χ2n) is 6.80. The number of aromatic nitrogens is 1. The molecule has 2 aromatic rings. The summed E-state index contributed by atoms with van der Waals surface area (Å²) < 4.78 is 27.2. The molecule has 2 atom stereocenters. The molecule has 1 N–H and O–H groups in total. The predicted molar refractivity (Wildman–Crippen MR) is 95.8 cm³/mol. The van der Waals surface area contributed by atoms with Crippen molar-refractivity contribution in [3.8, 4) is 0 Å². The number of carbonyl (C=O) groups excluding carboxylic acids is 1. The average molecular weight is 365 g/mol. The molecule has 0 saturated carbocycles. The summed E-state index contributed by atoms with van der Waals surface area (Å²) in [5.41, 5.74) is 1.50. The Morgan fingerprint density at radius 1 is 1.28 bits per heavy atom. The van der Waals surface area contributed by atoms with Gasteiger partial charge < -0.3 is 14.6 Å². The molecule has 7 nitrogen and oxygen atoms in total. The molecule has 0 radical (unpaired) electrons. The van der Waals surface area contributed by atoms with Crippen molar-refractivity contribution >= 4 is 26.8 Å². The van der Waals surface area contributed by atoms with Crippen LogP contribution in [0.4, 0.5) is 0 Å². The maximum atomic E-state index is 12.8. The second kappa shape index (κ2) is 6.44. The Morgan fingerprint density at radius 2 is 2.00 bits per heavy atom. The number of hydrogen-bond donors (Lipinski definition) is 1. The van der Waals surface area contributed by atoms with E-state index in [0.717, 1.165) is 15.2 Å². The molecule has 3 rings (SSSR count). The van der Waals surface area contributed by atoms with Crippen molar-refractivity contribution in [2.75, 3.05) is 32.9 Å². The van der Waals surface area contributed by atoms with Crippen LogP contribution in [-0.2, 0) is 17.1 Å². The number of β-amino-alcohol motifs (C(OH)–C–C–N with tert-alkyl or cyclic N) is 1. The maximum Gasteiger partial charge on any atom is 0.254 e. The van der Waals surface area contributed by atoms with Crippen molar-refractivity contribution in [3.05, 3.63) is 36.0 Å². The SMILES string of the molecule is CN(C)S(=O)(=O)C[C@@H]1CN(C(=O)c2ccc3ccn(C)c3c2)C[C@H]1O. The lowest BCUT2D eigenvalue weighted by atomic mass is 10.1. The third-order valence-corrected chi connectivity index (χ3v) is 6.77. The normalized spacial score (nSPS) is 21.4. The fourth-order valence-electron chi connectivity index (χ4n) is 3.18. The summed E-state index contributed by atoms with van der Waals surface area (Å²) in [5.74, 6) is -0.830. The molecule has 1 aromatic heterocycles. The zero-order valence-corrected chi connectivity index (χ0v) is 15.4. The highest BCUT2D eigenvalue weighted by Gasteiger charge is 2.37. The number of carbonyl (C=O) groups is 1. The lowest BCUT2D eigenvalue weighted by Gasteiger charge is -2.18. The molecule has 1 fully saturated rings. The van der Waals surface area contributed by atoms with E-state index in [0.29, 0.717) is 5.56 Å². The quantitative estimate of drug-likeness (QED) is 0.855. The minimum Gasteiger partial charge on any atom is -0.391 e. The molecular weight excluding hydrogens is 342 g/mol.